The number of carbonyl (C=O) groups excluding carboxylic acids is 3. The molecule has 0 aromatic heterocycles. The van der Waals surface area contributed by atoms with E-state index in [1.165, 1.54) is 0 Å². The first kappa shape index (κ1) is 29.7. The lowest BCUT2D eigenvalue weighted by Gasteiger charge is -2.40. The Morgan fingerprint density at radius 2 is 1.98 bits per heavy atom. The van der Waals surface area contributed by atoms with E-state index in [2.05, 4.69) is 11.5 Å². The van der Waals surface area contributed by atoms with Gasteiger partial charge < -0.3 is 29.1 Å². The van der Waals surface area contributed by atoms with Crippen LogP contribution in [-0.2, 0) is 35.0 Å². The predicted molar refractivity (Wildman–Crippen MR) is 151 cm³/mol. The average Bonchev–Trinajstić information content (AvgIpc) is 3.55. The van der Waals surface area contributed by atoms with Gasteiger partial charge in [-0.2, -0.15) is 0 Å². The number of nitrogens with zero attached hydrogens (tertiary/aromatic N) is 3. The van der Waals surface area contributed by atoms with E-state index in [0.29, 0.717) is 52.1 Å². The Morgan fingerprint density at radius 3 is 2.63 bits per heavy atom. The zero-order chi connectivity index (χ0) is 29.2. The highest BCUT2D eigenvalue weighted by atomic mass is 16.6. The van der Waals surface area contributed by atoms with Gasteiger partial charge in [0, 0.05) is 32.7 Å². The average molecular weight is 570 g/mol. The van der Waals surface area contributed by atoms with E-state index in [0.717, 1.165) is 18.7 Å². The zero-order valence-electron chi connectivity index (χ0n) is 24.2. The van der Waals surface area contributed by atoms with Crippen LogP contribution in [-0.4, -0.2) is 120 Å². The molecular formula is C31H43N3O7. The largest absolute Gasteiger partial charge is 0.466 e. The molecule has 2 bridgehead atoms. The molecule has 5 rings (SSSR count). The van der Waals surface area contributed by atoms with Crippen molar-refractivity contribution in [1.82, 2.24) is 14.7 Å². The number of aliphatic hydroxyl groups excluding tert-OH is 1. The van der Waals surface area contributed by atoms with E-state index in [1.807, 2.05) is 37.3 Å². The summed E-state index contributed by atoms with van der Waals surface area (Å²) in [6.45, 7) is 11.7. The van der Waals surface area contributed by atoms with Crippen LogP contribution in [0.25, 0.3) is 0 Å². The Kier molecular flexibility index (Phi) is 8.84. The van der Waals surface area contributed by atoms with Crippen LogP contribution in [0.15, 0.2) is 43.0 Å². The van der Waals surface area contributed by atoms with Gasteiger partial charge in [-0.25, -0.2) is 0 Å². The van der Waals surface area contributed by atoms with Crippen molar-refractivity contribution >= 4 is 17.8 Å². The van der Waals surface area contributed by atoms with E-state index < -0.39 is 41.1 Å². The second kappa shape index (κ2) is 12.2. The molecule has 0 aliphatic carbocycles. The summed E-state index contributed by atoms with van der Waals surface area (Å²) in [6, 6.07) is 7.96. The molecular weight excluding hydrogens is 526 g/mol. The third-order valence-electron chi connectivity index (χ3n) is 9.36. The number of likely N-dealkylation sites (tertiary alicyclic amines) is 1. The lowest BCUT2D eigenvalue weighted by molar-refractivity contribution is -0.161. The highest BCUT2D eigenvalue weighted by molar-refractivity contribution is 5.98. The zero-order valence-corrected chi connectivity index (χ0v) is 24.2. The van der Waals surface area contributed by atoms with E-state index in [-0.39, 0.29) is 25.0 Å². The molecule has 0 radical (unpaired) electrons. The first-order chi connectivity index (χ1) is 19.8. The number of amides is 2. The number of hydrogen-bond acceptors (Lipinski definition) is 8. The minimum absolute atomic E-state index is 0.188. The molecule has 224 valence electrons. The Balaban J connectivity index is 1.52. The lowest BCUT2D eigenvalue weighted by Crippen LogP contribution is -2.60. The topological polar surface area (TPSA) is 109 Å². The fraction of sp³-hybridized carbons (Fsp3) is 0.645. The molecule has 41 heavy (non-hydrogen) atoms. The molecule has 4 fully saturated rings. The van der Waals surface area contributed by atoms with Crippen LogP contribution in [0.4, 0.5) is 0 Å². The Hall–Kier alpha value is -2.79. The van der Waals surface area contributed by atoms with Crippen molar-refractivity contribution in [3.8, 4) is 0 Å². The van der Waals surface area contributed by atoms with Gasteiger partial charge in [0.15, 0.2) is 0 Å². The summed E-state index contributed by atoms with van der Waals surface area (Å²) in [4.78, 5) is 47.9. The summed E-state index contributed by atoms with van der Waals surface area (Å²) >= 11 is 0. The standard InChI is InChI=1S/C31H43N3O7/c1-4-13-33(15-14-32-16-18-39-19-17-32)28(37)26-31-12-11-30(3,41-31)25(29(38)40-5-2)24(31)27(36)34(26)23(21-35)20-22-9-7-6-8-10-22/h4,6-10,23-26,35H,1,5,11-21H2,2-3H3/t23-,24+,25-,26?,30+,31?/m1/s1. The number of morpholine rings is 1. The molecule has 1 spiro atoms. The number of carbonyl (C=O) groups is 3. The van der Waals surface area contributed by atoms with E-state index in [1.54, 1.807) is 22.8 Å². The first-order valence-corrected chi connectivity index (χ1v) is 14.8. The summed E-state index contributed by atoms with van der Waals surface area (Å²) in [5, 5.41) is 10.6. The number of aliphatic hydroxyl groups is 1. The summed E-state index contributed by atoms with van der Waals surface area (Å²) in [5.41, 5.74) is -1.14. The molecule has 1 aromatic rings. The van der Waals surface area contributed by atoms with Gasteiger partial charge >= 0.3 is 5.97 Å². The van der Waals surface area contributed by atoms with Crippen molar-refractivity contribution in [2.45, 2.75) is 56.4 Å². The molecule has 0 saturated carbocycles. The first-order valence-electron chi connectivity index (χ1n) is 14.8. The molecule has 10 nitrogen and oxygen atoms in total. The third kappa shape index (κ3) is 5.31. The fourth-order valence-electron chi connectivity index (χ4n) is 7.47. The monoisotopic (exact) mass is 569 g/mol. The second-order valence-electron chi connectivity index (χ2n) is 11.8. The maximum atomic E-state index is 14.6. The van der Waals surface area contributed by atoms with Crippen LogP contribution in [0.2, 0.25) is 0 Å². The summed E-state index contributed by atoms with van der Waals surface area (Å²) in [5.74, 6) is -2.71. The molecule has 1 aromatic carbocycles. The van der Waals surface area contributed by atoms with E-state index >= 15 is 0 Å². The highest BCUT2D eigenvalue weighted by Crippen LogP contribution is 2.63. The normalized spacial score (nSPS) is 31.6. The summed E-state index contributed by atoms with van der Waals surface area (Å²) in [6.07, 6.45) is 3.07. The molecule has 2 unspecified atom stereocenters. The smallest absolute Gasteiger partial charge is 0.312 e. The van der Waals surface area contributed by atoms with Gasteiger partial charge in [-0.05, 0) is 38.7 Å². The number of hydrogen-bond donors (Lipinski definition) is 1. The van der Waals surface area contributed by atoms with Gasteiger partial charge in [0.2, 0.25) is 11.8 Å². The van der Waals surface area contributed by atoms with Crippen molar-refractivity contribution in [2.24, 2.45) is 11.8 Å². The van der Waals surface area contributed by atoms with Crippen LogP contribution in [0, 0.1) is 11.8 Å². The van der Waals surface area contributed by atoms with Gasteiger partial charge in [0.05, 0.1) is 44.0 Å². The van der Waals surface area contributed by atoms with Crippen molar-refractivity contribution in [1.29, 1.82) is 0 Å². The Labute approximate surface area is 242 Å². The molecule has 1 N–H and O–H groups in total. The molecule has 4 aliphatic rings. The van der Waals surface area contributed by atoms with Gasteiger partial charge in [-0.1, -0.05) is 36.4 Å². The fourth-order valence-corrected chi connectivity index (χ4v) is 7.47. The number of rotatable bonds is 12. The number of fused-ring (bicyclic) bond motifs is 1. The highest BCUT2D eigenvalue weighted by Gasteiger charge is 2.79. The van der Waals surface area contributed by atoms with Gasteiger partial charge in [0.1, 0.15) is 17.6 Å². The van der Waals surface area contributed by atoms with Crippen molar-refractivity contribution < 1.29 is 33.7 Å². The number of benzene rings is 1. The minimum Gasteiger partial charge on any atom is -0.466 e. The van der Waals surface area contributed by atoms with Crippen LogP contribution < -0.4 is 0 Å². The molecule has 4 saturated heterocycles. The summed E-state index contributed by atoms with van der Waals surface area (Å²) in [7, 11) is 0. The van der Waals surface area contributed by atoms with E-state index in [4.69, 9.17) is 14.2 Å². The quantitative estimate of drug-likeness (QED) is 0.296. The molecule has 10 heteroatoms. The van der Waals surface area contributed by atoms with Crippen LogP contribution in [0.5, 0.6) is 0 Å². The van der Waals surface area contributed by atoms with Crippen LogP contribution in [0.1, 0.15) is 32.3 Å². The lowest BCUT2D eigenvalue weighted by atomic mass is 9.66. The van der Waals surface area contributed by atoms with Gasteiger partial charge in [0.25, 0.3) is 0 Å². The van der Waals surface area contributed by atoms with Crippen LogP contribution >= 0.6 is 0 Å². The predicted octanol–water partition coefficient (Wildman–Crippen LogP) is 1.26. The minimum atomic E-state index is -1.18. The number of esters is 1. The third-order valence-corrected chi connectivity index (χ3v) is 9.36. The Morgan fingerprint density at radius 1 is 1.24 bits per heavy atom. The Bertz CT molecular complexity index is 1130. The maximum absolute atomic E-state index is 14.6. The maximum Gasteiger partial charge on any atom is 0.312 e. The second-order valence-corrected chi connectivity index (χ2v) is 11.8. The van der Waals surface area contributed by atoms with Crippen LogP contribution in [0.3, 0.4) is 0 Å². The van der Waals surface area contributed by atoms with Gasteiger partial charge in [-0.3, -0.25) is 19.3 Å². The molecule has 4 heterocycles. The summed E-state index contributed by atoms with van der Waals surface area (Å²) < 4.78 is 17.6. The SMILES string of the molecule is C=CCN(CCN1CCOCC1)C(=O)C1N([C@@H](CO)Cc2ccccc2)C(=O)[C@@H]2[C@H](C(=O)OCC)[C@]3(C)CCC12O3. The molecule has 2 amide bonds. The van der Waals surface area contributed by atoms with Crippen molar-refractivity contribution in [2.75, 3.05) is 59.2 Å². The molecule has 6 atom stereocenters. The number of ether oxygens (including phenoxy) is 3. The van der Waals surface area contributed by atoms with Gasteiger partial charge in [-0.15, -0.1) is 6.58 Å². The van der Waals surface area contributed by atoms with Crippen molar-refractivity contribution in [3.63, 3.8) is 0 Å². The molecule has 4 aliphatic heterocycles. The van der Waals surface area contributed by atoms with Crippen molar-refractivity contribution in [3.05, 3.63) is 48.6 Å². The van der Waals surface area contributed by atoms with E-state index in [9.17, 15) is 19.5 Å².